The Balaban J connectivity index is 2.35. The molecular formula is C15H11F3N2O. The summed E-state index contributed by atoms with van der Waals surface area (Å²) in [5.41, 5.74) is 2.64. The lowest BCUT2D eigenvalue weighted by Crippen LogP contribution is -2.05. The van der Waals surface area contributed by atoms with Crippen LogP contribution in [0.1, 0.15) is 16.7 Å². The minimum absolute atomic E-state index is 0.0979. The van der Waals surface area contributed by atoms with Gasteiger partial charge in [0.1, 0.15) is 11.0 Å². The molecule has 0 fully saturated rings. The molecule has 0 unspecified atom stereocenters. The van der Waals surface area contributed by atoms with E-state index >= 15 is 0 Å². The number of rotatable bonds is 1. The van der Waals surface area contributed by atoms with E-state index < -0.39 is 11.7 Å². The summed E-state index contributed by atoms with van der Waals surface area (Å²) >= 11 is 0. The van der Waals surface area contributed by atoms with Gasteiger partial charge in [-0.05, 0) is 53.0 Å². The number of fused-ring (bicyclic) bond motifs is 1. The van der Waals surface area contributed by atoms with E-state index in [0.717, 1.165) is 23.3 Å². The van der Waals surface area contributed by atoms with Gasteiger partial charge in [-0.3, -0.25) is 0 Å². The molecule has 0 spiro atoms. The molecule has 0 saturated heterocycles. The number of benzene rings is 2. The molecule has 2 aromatic carbocycles. The Morgan fingerprint density at radius 1 is 1.00 bits per heavy atom. The van der Waals surface area contributed by atoms with Gasteiger partial charge in [-0.15, -0.1) is 0 Å². The van der Waals surface area contributed by atoms with Crippen LogP contribution in [0.15, 0.2) is 35.0 Å². The molecule has 3 nitrogen and oxygen atoms in total. The minimum Gasteiger partial charge on any atom is -0.243 e. The molecule has 108 valence electrons. The highest BCUT2D eigenvalue weighted by Gasteiger charge is 2.32. The van der Waals surface area contributed by atoms with Crippen molar-refractivity contribution in [2.45, 2.75) is 20.0 Å². The molecule has 0 aliphatic heterocycles. The third-order valence-electron chi connectivity index (χ3n) is 3.58. The normalized spacial score (nSPS) is 12.0. The molecular weight excluding hydrogens is 281 g/mol. The van der Waals surface area contributed by atoms with E-state index in [4.69, 9.17) is 0 Å². The third kappa shape index (κ3) is 2.26. The van der Waals surface area contributed by atoms with Crippen molar-refractivity contribution < 1.29 is 17.8 Å². The van der Waals surface area contributed by atoms with Crippen molar-refractivity contribution in [2.75, 3.05) is 0 Å². The summed E-state index contributed by atoms with van der Waals surface area (Å²) in [5, 5.41) is 7.28. The molecule has 0 aliphatic carbocycles. The Bertz CT molecular complexity index is 821. The zero-order chi connectivity index (χ0) is 15.2. The number of aromatic nitrogens is 2. The standard InChI is InChI=1S/C15H11F3N2O/c1-8-4-3-5-11(9(8)2)12-6-10(15(16,17)18)7-13-14(12)20-21-19-13/h3-7H,1-2H3. The molecule has 0 aliphatic rings. The smallest absolute Gasteiger partial charge is 0.243 e. The molecule has 3 rings (SSSR count). The summed E-state index contributed by atoms with van der Waals surface area (Å²) in [6.07, 6.45) is -4.44. The Kier molecular flexibility index (Phi) is 2.97. The van der Waals surface area contributed by atoms with Crippen LogP contribution in [0.2, 0.25) is 0 Å². The second-order valence-corrected chi connectivity index (χ2v) is 4.90. The van der Waals surface area contributed by atoms with E-state index in [1.165, 1.54) is 0 Å². The average Bonchev–Trinajstić information content (AvgIpc) is 2.88. The Hall–Kier alpha value is -2.37. The minimum atomic E-state index is -4.44. The Morgan fingerprint density at radius 3 is 2.48 bits per heavy atom. The number of halogens is 3. The van der Waals surface area contributed by atoms with Gasteiger partial charge < -0.3 is 0 Å². The van der Waals surface area contributed by atoms with Gasteiger partial charge in [0, 0.05) is 5.56 Å². The predicted octanol–water partition coefficient (Wildman–Crippen LogP) is 4.53. The highest BCUT2D eigenvalue weighted by molar-refractivity contribution is 5.92. The van der Waals surface area contributed by atoms with E-state index in [-0.39, 0.29) is 5.52 Å². The third-order valence-corrected chi connectivity index (χ3v) is 3.58. The van der Waals surface area contributed by atoms with Crippen LogP contribution in [0.3, 0.4) is 0 Å². The van der Waals surface area contributed by atoms with Gasteiger partial charge in [0.2, 0.25) is 0 Å². The first-order valence-corrected chi connectivity index (χ1v) is 6.28. The fourth-order valence-corrected chi connectivity index (χ4v) is 2.30. The van der Waals surface area contributed by atoms with Crippen molar-refractivity contribution in [3.63, 3.8) is 0 Å². The topological polar surface area (TPSA) is 38.9 Å². The van der Waals surface area contributed by atoms with Crippen LogP contribution in [0.5, 0.6) is 0 Å². The summed E-state index contributed by atoms with van der Waals surface area (Å²) in [7, 11) is 0. The summed E-state index contributed by atoms with van der Waals surface area (Å²) in [6, 6.07) is 7.52. The van der Waals surface area contributed by atoms with Gasteiger partial charge in [-0.1, -0.05) is 18.2 Å². The molecule has 0 N–H and O–H groups in total. The molecule has 0 bridgehead atoms. The quantitative estimate of drug-likeness (QED) is 0.661. The lowest BCUT2D eigenvalue weighted by atomic mass is 9.94. The fourth-order valence-electron chi connectivity index (χ4n) is 2.30. The summed E-state index contributed by atoms with van der Waals surface area (Å²) in [4.78, 5) is 0. The van der Waals surface area contributed by atoms with Crippen molar-refractivity contribution in [1.82, 2.24) is 10.3 Å². The number of hydrogen-bond acceptors (Lipinski definition) is 3. The first-order chi connectivity index (χ1) is 9.88. The van der Waals surface area contributed by atoms with Crippen LogP contribution in [0.4, 0.5) is 13.2 Å². The lowest BCUT2D eigenvalue weighted by molar-refractivity contribution is -0.137. The molecule has 0 amide bonds. The first-order valence-electron chi connectivity index (χ1n) is 6.28. The van der Waals surface area contributed by atoms with Crippen LogP contribution in [0.25, 0.3) is 22.2 Å². The fraction of sp³-hybridized carbons (Fsp3) is 0.200. The van der Waals surface area contributed by atoms with E-state index in [1.54, 1.807) is 12.1 Å². The first kappa shape index (κ1) is 13.6. The summed E-state index contributed by atoms with van der Waals surface area (Å²) in [5.74, 6) is 0. The molecule has 0 atom stereocenters. The van der Waals surface area contributed by atoms with Crippen LogP contribution in [0, 0.1) is 13.8 Å². The SMILES string of the molecule is Cc1cccc(-c2cc(C(F)(F)F)cc3nonc23)c1C. The van der Waals surface area contributed by atoms with Crippen molar-refractivity contribution in [1.29, 1.82) is 0 Å². The molecule has 1 heterocycles. The van der Waals surface area contributed by atoms with E-state index in [2.05, 4.69) is 14.9 Å². The number of aryl methyl sites for hydroxylation is 1. The molecule has 0 saturated carbocycles. The van der Waals surface area contributed by atoms with Crippen LogP contribution >= 0.6 is 0 Å². The average molecular weight is 292 g/mol. The Labute approximate surface area is 118 Å². The summed E-state index contributed by atoms with van der Waals surface area (Å²) in [6.45, 7) is 3.77. The van der Waals surface area contributed by atoms with E-state index in [0.29, 0.717) is 16.6 Å². The van der Waals surface area contributed by atoms with Gasteiger partial charge in [0.05, 0.1) is 5.56 Å². The van der Waals surface area contributed by atoms with Crippen LogP contribution in [-0.2, 0) is 6.18 Å². The summed E-state index contributed by atoms with van der Waals surface area (Å²) < 4.78 is 43.7. The van der Waals surface area contributed by atoms with Crippen LogP contribution < -0.4 is 0 Å². The number of alkyl halides is 3. The molecule has 0 radical (unpaired) electrons. The second kappa shape index (κ2) is 4.58. The van der Waals surface area contributed by atoms with E-state index in [1.807, 2.05) is 19.9 Å². The van der Waals surface area contributed by atoms with Gasteiger partial charge in [0.25, 0.3) is 0 Å². The van der Waals surface area contributed by atoms with Crippen molar-refractivity contribution in [2.24, 2.45) is 0 Å². The molecule has 6 heteroatoms. The van der Waals surface area contributed by atoms with Gasteiger partial charge in [0.15, 0.2) is 0 Å². The highest BCUT2D eigenvalue weighted by Crippen LogP contribution is 2.37. The Morgan fingerprint density at radius 2 is 1.76 bits per heavy atom. The van der Waals surface area contributed by atoms with Crippen molar-refractivity contribution >= 4 is 11.0 Å². The second-order valence-electron chi connectivity index (χ2n) is 4.90. The van der Waals surface area contributed by atoms with Crippen LogP contribution in [-0.4, -0.2) is 10.3 Å². The maximum Gasteiger partial charge on any atom is 0.416 e. The van der Waals surface area contributed by atoms with Gasteiger partial charge >= 0.3 is 6.18 Å². The molecule has 21 heavy (non-hydrogen) atoms. The monoisotopic (exact) mass is 292 g/mol. The largest absolute Gasteiger partial charge is 0.416 e. The zero-order valence-electron chi connectivity index (χ0n) is 11.3. The number of nitrogens with zero attached hydrogens (tertiary/aromatic N) is 2. The highest BCUT2D eigenvalue weighted by atomic mass is 19.4. The van der Waals surface area contributed by atoms with Gasteiger partial charge in [-0.25, -0.2) is 4.63 Å². The maximum absolute atomic E-state index is 13.0. The lowest BCUT2D eigenvalue weighted by Gasteiger charge is -2.12. The predicted molar refractivity (Wildman–Crippen MR) is 71.7 cm³/mol. The molecule has 1 aromatic heterocycles. The molecule has 3 aromatic rings. The van der Waals surface area contributed by atoms with Crippen molar-refractivity contribution in [3.05, 3.63) is 47.0 Å². The van der Waals surface area contributed by atoms with Gasteiger partial charge in [-0.2, -0.15) is 13.2 Å². The number of hydrogen-bond donors (Lipinski definition) is 0. The maximum atomic E-state index is 13.0. The van der Waals surface area contributed by atoms with E-state index in [9.17, 15) is 13.2 Å². The van der Waals surface area contributed by atoms with Crippen molar-refractivity contribution in [3.8, 4) is 11.1 Å². The zero-order valence-corrected chi connectivity index (χ0v) is 11.3.